The number of carbonyl (C=O) groups is 1. The number of amides is 1. The maximum Gasteiger partial charge on any atom is 0.416 e. The largest absolute Gasteiger partial charge is 0.416 e. The highest BCUT2D eigenvalue weighted by atomic mass is 32.2. The fourth-order valence-electron chi connectivity index (χ4n) is 4.89. The van der Waals surface area contributed by atoms with Crippen LogP contribution in [0.1, 0.15) is 56.7 Å². The second-order valence-corrected chi connectivity index (χ2v) is 15.0. The van der Waals surface area contributed by atoms with E-state index >= 15 is 0 Å². The Bertz CT molecular complexity index is 1380. The van der Waals surface area contributed by atoms with E-state index in [0.717, 1.165) is 12.1 Å². The number of nitrogens with zero attached hydrogens (tertiary/aromatic N) is 1. The zero-order valence-electron chi connectivity index (χ0n) is 21.1. The number of sulfone groups is 1. The topological polar surface area (TPSA) is 101 Å². The summed E-state index contributed by atoms with van der Waals surface area (Å²) in [4.78, 5) is 14.6. The molecule has 2 aliphatic rings. The summed E-state index contributed by atoms with van der Waals surface area (Å²) in [5.74, 6) is -0.846. The van der Waals surface area contributed by atoms with Gasteiger partial charge in [-0.05, 0) is 69.2 Å². The highest BCUT2D eigenvalue weighted by molar-refractivity contribution is 7.92. The number of alkyl halides is 3. The molecule has 0 spiro atoms. The summed E-state index contributed by atoms with van der Waals surface area (Å²) in [5.41, 5.74) is -0.522. The number of benzene rings is 2. The van der Waals surface area contributed by atoms with Crippen LogP contribution in [0.3, 0.4) is 0 Å². The first kappa shape index (κ1) is 28.6. The first-order chi connectivity index (χ1) is 17.6. The van der Waals surface area contributed by atoms with Gasteiger partial charge >= 0.3 is 6.18 Å². The molecule has 0 bridgehead atoms. The molecule has 38 heavy (non-hydrogen) atoms. The van der Waals surface area contributed by atoms with Crippen LogP contribution in [0.15, 0.2) is 59.5 Å². The van der Waals surface area contributed by atoms with Gasteiger partial charge in [-0.2, -0.15) is 17.9 Å². The van der Waals surface area contributed by atoms with Crippen LogP contribution < -0.4 is 4.72 Å². The number of hydrogen-bond donors (Lipinski definition) is 1. The van der Waals surface area contributed by atoms with Gasteiger partial charge in [0.25, 0.3) is 0 Å². The van der Waals surface area contributed by atoms with Gasteiger partial charge in [0.05, 0.1) is 20.5 Å². The lowest BCUT2D eigenvalue weighted by Crippen LogP contribution is -2.50. The highest BCUT2D eigenvalue weighted by Crippen LogP contribution is 2.40. The smallest absolute Gasteiger partial charge is 0.341 e. The maximum atomic E-state index is 13.5. The van der Waals surface area contributed by atoms with Crippen molar-refractivity contribution in [3.05, 3.63) is 65.7 Å². The summed E-state index contributed by atoms with van der Waals surface area (Å²) in [5, 5.41) is -0.505. The Hall–Kier alpha value is -2.44. The molecule has 1 aliphatic carbocycles. The number of piperidine rings is 1. The van der Waals surface area contributed by atoms with Crippen molar-refractivity contribution in [1.82, 2.24) is 9.62 Å². The summed E-state index contributed by atoms with van der Waals surface area (Å²) < 4.78 is 92.9. The standard InChI is InChI=1S/C26H31F3N2O5S2/c1-25(2,37(33,34)22-10-6-9-20(17-22)26(27,28)29)19-13-15-31(16-14-19)24(32)23(18-7-4-3-5-8-18)30-38(35,36)21-11-12-21/h3-10,17,19,21,23,30H,11-16H2,1-2H3/t23-/m0/s1. The molecule has 0 aromatic heterocycles. The molecular formula is C26H31F3N2O5S2. The molecular weight excluding hydrogens is 541 g/mol. The summed E-state index contributed by atoms with van der Waals surface area (Å²) in [6.07, 6.45) is -2.98. The van der Waals surface area contributed by atoms with Gasteiger partial charge in [-0.1, -0.05) is 36.4 Å². The van der Waals surface area contributed by atoms with Crippen LogP contribution in [-0.2, 0) is 30.8 Å². The van der Waals surface area contributed by atoms with Crippen LogP contribution in [0, 0.1) is 5.92 Å². The van der Waals surface area contributed by atoms with Crippen LogP contribution in [0.4, 0.5) is 13.2 Å². The van der Waals surface area contributed by atoms with Crippen molar-refractivity contribution in [3.63, 3.8) is 0 Å². The van der Waals surface area contributed by atoms with Gasteiger partial charge in [0, 0.05) is 13.1 Å². The molecule has 0 unspecified atom stereocenters. The number of likely N-dealkylation sites (tertiary alicyclic amines) is 1. The third-order valence-corrected chi connectivity index (χ3v) is 12.1. The van der Waals surface area contributed by atoms with Gasteiger partial charge in [0.1, 0.15) is 6.04 Å². The number of carbonyl (C=O) groups excluding carboxylic acids is 1. The van der Waals surface area contributed by atoms with E-state index in [-0.39, 0.29) is 13.1 Å². The van der Waals surface area contributed by atoms with Crippen molar-refractivity contribution in [2.24, 2.45) is 5.92 Å². The summed E-state index contributed by atoms with van der Waals surface area (Å²) >= 11 is 0. The van der Waals surface area contributed by atoms with Gasteiger partial charge < -0.3 is 4.90 Å². The van der Waals surface area contributed by atoms with Crippen LogP contribution in [0.2, 0.25) is 0 Å². The first-order valence-electron chi connectivity index (χ1n) is 12.4. The summed E-state index contributed by atoms with van der Waals surface area (Å²) in [7, 11) is -7.81. The maximum absolute atomic E-state index is 13.5. The van der Waals surface area contributed by atoms with Crippen molar-refractivity contribution in [1.29, 1.82) is 0 Å². The van der Waals surface area contributed by atoms with E-state index in [2.05, 4.69) is 4.72 Å². The number of nitrogens with one attached hydrogen (secondary N) is 1. The molecule has 1 aliphatic heterocycles. The average molecular weight is 573 g/mol. The summed E-state index contributed by atoms with van der Waals surface area (Å²) in [6, 6.07) is 11.2. The van der Waals surface area contributed by atoms with Crippen molar-refractivity contribution >= 4 is 25.8 Å². The lowest BCUT2D eigenvalue weighted by Gasteiger charge is -2.41. The molecule has 1 atom stereocenters. The SMILES string of the molecule is CC(C)(C1CCN(C(=O)[C@@H](NS(=O)(=O)C2CC2)c2ccccc2)CC1)S(=O)(=O)c1cccc(C(F)(F)F)c1. The van der Waals surface area contributed by atoms with Crippen molar-refractivity contribution in [3.8, 4) is 0 Å². The van der Waals surface area contributed by atoms with Crippen molar-refractivity contribution in [2.45, 2.75) is 66.6 Å². The Morgan fingerprint density at radius 2 is 1.53 bits per heavy atom. The van der Waals surface area contributed by atoms with Gasteiger partial charge in [-0.25, -0.2) is 16.8 Å². The van der Waals surface area contributed by atoms with E-state index in [1.165, 1.54) is 24.8 Å². The first-order valence-corrected chi connectivity index (χ1v) is 15.4. The second-order valence-electron chi connectivity index (χ2n) is 10.4. The highest BCUT2D eigenvalue weighted by Gasteiger charge is 2.46. The van der Waals surface area contributed by atoms with E-state index in [1.807, 2.05) is 0 Å². The minimum Gasteiger partial charge on any atom is -0.341 e. The zero-order chi connectivity index (χ0) is 27.9. The monoisotopic (exact) mass is 572 g/mol. The fraction of sp³-hybridized carbons (Fsp3) is 0.500. The van der Waals surface area contributed by atoms with E-state index in [9.17, 15) is 34.8 Å². The predicted octanol–water partition coefficient (Wildman–Crippen LogP) is 4.32. The molecule has 1 saturated heterocycles. The fourth-order valence-corrected chi connectivity index (χ4v) is 8.22. The number of rotatable bonds is 8. The summed E-state index contributed by atoms with van der Waals surface area (Å²) in [6.45, 7) is 3.39. The molecule has 7 nitrogen and oxygen atoms in total. The zero-order valence-corrected chi connectivity index (χ0v) is 22.7. The third kappa shape index (κ3) is 5.76. The van der Waals surface area contributed by atoms with Gasteiger partial charge in [-0.3, -0.25) is 4.79 Å². The Labute approximate surface area is 221 Å². The van der Waals surface area contributed by atoms with Crippen LogP contribution >= 0.6 is 0 Å². The van der Waals surface area contributed by atoms with Crippen molar-refractivity contribution < 1.29 is 34.8 Å². The van der Waals surface area contributed by atoms with Crippen LogP contribution in [0.5, 0.6) is 0 Å². The van der Waals surface area contributed by atoms with E-state index < -0.39 is 64.4 Å². The molecule has 2 aromatic rings. The predicted molar refractivity (Wildman–Crippen MR) is 136 cm³/mol. The molecule has 1 saturated carbocycles. The van der Waals surface area contributed by atoms with Gasteiger partial charge in [-0.15, -0.1) is 0 Å². The lowest BCUT2D eigenvalue weighted by molar-refractivity contribution is -0.137. The Balaban J connectivity index is 1.50. The quantitative estimate of drug-likeness (QED) is 0.508. The molecule has 4 rings (SSSR count). The third-order valence-electron chi connectivity index (χ3n) is 7.58. The van der Waals surface area contributed by atoms with E-state index in [1.54, 1.807) is 30.3 Å². The molecule has 1 N–H and O–H groups in total. The number of sulfonamides is 1. The normalized spacial score (nSPS) is 18.8. The van der Waals surface area contributed by atoms with Gasteiger partial charge in [0.2, 0.25) is 15.9 Å². The van der Waals surface area contributed by atoms with E-state index in [4.69, 9.17) is 0 Å². The molecule has 208 valence electrons. The molecule has 1 heterocycles. The Kier molecular flexibility index (Phi) is 7.72. The van der Waals surface area contributed by atoms with Crippen LogP contribution in [0.25, 0.3) is 0 Å². The lowest BCUT2D eigenvalue weighted by atomic mass is 9.85. The van der Waals surface area contributed by atoms with Crippen LogP contribution in [-0.4, -0.2) is 50.7 Å². The second kappa shape index (κ2) is 10.3. The molecule has 12 heteroatoms. The van der Waals surface area contributed by atoms with E-state index in [0.29, 0.717) is 37.3 Å². The van der Waals surface area contributed by atoms with Crippen molar-refractivity contribution in [2.75, 3.05) is 13.1 Å². The molecule has 2 fully saturated rings. The minimum atomic E-state index is -4.67. The number of hydrogen-bond acceptors (Lipinski definition) is 5. The Morgan fingerprint density at radius 3 is 2.08 bits per heavy atom. The molecule has 2 aromatic carbocycles. The van der Waals surface area contributed by atoms with Gasteiger partial charge in [0.15, 0.2) is 9.84 Å². The molecule has 0 radical (unpaired) electrons. The average Bonchev–Trinajstić information content (AvgIpc) is 3.74. The minimum absolute atomic E-state index is 0.194. The molecule has 1 amide bonds. The number of halogens is 3. The Morgan fingerprint density at radius 1 is 0.921 bits per heavy atom.